The number of rotatable bonds is 3. The number of carbonyl (C=O) groups excluding carboxylic acids is 4. The van der Waals surface area contributed by atoms with Gasteiger partial charge in [-0.1, -0.05) is 0 Å². The van der Waals surface area contributed by atoms with Crippen LogP contribution in [0.4, 0.5) is 0 Å². The molecule has 0 radical (unpaired) electrons. The lowest BCUT2D eigenvalue weighted by molar-refractivity contribution is -0.157. The molecule has 108 valence electrons. The van der Waals surface area contributed by atoms with Gasteiger partial charge in [0, 0.05) is 5.57 Å². The summed E-state index contributed by atoms with van der Waals surface area (Å²) in [4.78, 5) is 48.6. The van der Waals surface area contributed by atoms with E-state index in [9.17, 15) is 19.2 Å². The quantitative estimate of drug-likeness (QED) is 0.558. The van der Waals surface area contributed by atoms with E-state index in [1.807, 2.05) is 0 Å². The normalized spacial score (nSPS) is 19.7. The molecule has 2 rings (SSSR count). The first kappa shape index (κ1) is 14.4. The first-order valence-corrected chi connectivity index (χ1v) is 6.62. The van der Waals surface area contributed by atoms with E-state index in [-0.39, 0.29) is 12.5 Å². The van der Waals surface area contributed by atoms with Crippen molar-refractivity contribution in [3.05, 3.63) is 11.1 Å². The van der Waals surface area contributed by atoms with Crippen molar-refractivity contribution in [2.45, 2.75) is 32.6 Å². The number of esters is 1. The Hall–Kier alpha value is -1.98. The van der Waals surface area contributed by atoms with Gasteiger partial charge in [0.05, 0.1) is 13.7 Å². The van der Waals surface area contributed by atoms with Crippen LogP contribution >= 0.6 is 0 Å². The van der Waals surface area contributed by atoms with E-state index in [0.29, 0.717) is 12.0 Å². The van der Waals surface area contributed by atoms with Crippen LogP contribution in [-0.4, -0.2) is 42.1 Å². The summed E-state index contributed by atoms with van der Waals surface area (Å²) in [5, 5.41) is 0. The summed E-state index contributed by atoms with van der Waals surface area (Å²) < 4.78 is 4.48. The standard InChI is InChI=1S/C14H17NO5/c1-8(16)11(14(19)20-2)13(18)15-7-9-5-3-4-6-10(9)12(15)17/h11H,3-7H2,1-2H3. The van der Waals surface area contributed by atoms with E-state index in [0.717, 1.165) is 43.8 Å². The highest BCUT2D eigenvalue weighted by Gasteiger charge is 2.42. The third kappa shape index (κ3) is 2.37. The Morgan fingerprint density at radius 1 is 1.20 bits per heavy atom. The molecular formula is C14H17NO5. The van der Waals surface area contributed by atoms with Gasteiger partial charge in [0.15, 0.2) is 11.7 Å². The van der Waals surface area contributed by atoms with Gasteiger partial charge in [0.1, 0.15) is 0 Å². The molecule has 0 saturated heterocycles. The average Bonchev–Trinajstić information content (AvgIpc) is 2.76. The van der Waals surface area contributed by atoms with Crippen molar-refractivity contribution in [1.82, 2.24) is 4.90 Å². The molecule has 0 aromatic carbocycles. The van der Waals surface area contributed by atoms with Gasteiger partial charge in [-0.15, -0.1) is 0 Å². The summed E-state index contributed by atoms with van der Waals surface area (Å²) >= 11 is 0. The van der Waals surface area contributed by atoms with Crippen LogP contribution in [-0.2, 0) is 23.9 Å². The minimum atomic E-state index is -1.54. The molecule has 0 bridgehead atoms. The van der Waals surface area contributed by atoms with Gasteiger partial charge in [-0.05, 0) is 38.2 Å². The molecule has 0 fully saturated rings. The highest BCUT2D eigenvalue weighted by molar-refractivity contribution is 6.21. The van der Waals surface area contributed by atoms with Crippen LogP contribution in [0.1, 0.15) is 32.6 Å². The Labute approximate surface area is 116 Å². The number of carbonyl (C=O) groups is 4. The molecule has 0 aromatic heterocycles. The highest BCUT2D eigenvalue weighted by Crippen LogP contribution is 2.32. The number of ether oxygens (including phenoxy) is 1. The Balaban J connectivity index is 2.20. The molecular weight excluding hydrogens is 262 g/mol. The van der Waals surface area contributed by atoms with Crippen LogP contribution in [0.25, 0.3) is 0 Å². The lowest BCUT2D eigenvalue weighted by Gasteiger charge is -2.19. The summed E-state index contributed by atoms with van der Waals surface area (Å²) in [5.41, 5.74) is 1.64. The molecule has 1 heterocycles. The molecule has 0 saturated carbocycles. The lowest BCUT2D eigenvalue weighted by Crippen LogP contribution is -2.44. The van der Waals surface area contributed by atoms with Gasteiger partial charge < -0.3 is 4.74 Å². The van der Waals surface area contributed by atoms with Crippen molar-refractivity contribution in [3.8, 4) is 0 Å². The minimum Gasteiger partial charge on any atom is -0.468 e. The minimum absolute atomic E-state index is 0.202. The maximum atomic E-state index is 12.3. The topological polar surface area (TPSA) is 80.8 Å². The fourth-order valence-electron chi connectivity index (χ4n) is 2.72. The van der Waals surface area contributed by atoms with E-state index in [1.165, 1.54) is 0 Å². The maximum Gasteiger partial charge on any atom is 0.325 e. The zero-order chi connectivity index (χ0) is 14.9. The second-order valence-corrected chi connectivity index (χ2v) is 5.09. The van der Waals surface area contributed by atoms with E-state index in [1.54, 1.807) is 0 Å². The molecule has 1 aliphatic carbocycles. The van der Waals surface area contributed by atoms with Crippen molar-refractivity contribution in [2.24, 2.45) is 5.92 Å². The highest BCUT2D eigenvalue weighted by atomic mass is 16.5. The average molecular weight is 279 g/mol. The largest absolute Gasteiger partial charge is 0.468 e. The SMILES string of the molecule is COC(=O)C(C(C)=O)C(=O)N1CC2=C(CCCC2)C1=O. The molecule has 2 amide bonds. The number of ketones is 1. The fraction of sp³-hybridized carbons (Fsp3) is 0.571. The van der Waals surface area contributed by atoms with Crippen LogP contribution in [0.3, 0.4) is 0 Å². The molecule has 20 heavy (non-hydrogen) atoms. The smallest absolute Gasteiger partial charge is 0.325 e. The second kappa shape index (κ2) is 5.56. The van der Waals surface area contributed by atoms with E-state index in [4.69, 9.17) is 0 Å². The molecule has 1 atom stereocenters. The fourth-order valence-corrected chi connectivity index (χ4v) is 2.72. The van der Waals surface area contributed by atoms with Gasteiger partial charge in [-0.3, -0.25) is 24.1 Å². The molecule has 0 aromatic rings. The van der Waals surface area contributed by atoms with Gasteiger partial charge in [0.2, 0.25) is 0 Å². The second-order valence-electron chi connectivity index (χ2n) is 5.09. The predicted molar refractivity (Wildman–Crippen MR) is 68.4 cm³/mol. The molecule has 0 N–H and O–H groups in total. The Kier molecular flexibility index (Phi) is 4.01. The molecule has 2 aliphatic rings. The molecule has 0 spiro atoms. The van der Waals surface area contributed by atoms with Crippen molar-refractivity contribution < 1.29 is 23.9 Å². The van der Waals surface area contributed by atoms with Crippen molar-refractivity contribution in [1.29, 1.82) is 0 Å². The lowest BCUT2D eigenvalue weighted by atomic mass is 9.94. The number of nitrogens with zero attached hydrogens (tertiary/aromatic N) is 1. The predicted octanol–water partition coefficient (Wildman–Crippen LogP) is 0.604. The number of methoxy groups -OCH3 is 1. The van der Waals surface area contributed by atoms with Crippen molar-refractivity contribution in [2.75, 3.05) is 13.7 Å². The Bertz CT molecular complexity index is 520. The van der Waals surface area contributed by atoms with Crippen molar-refractivity contribution in [3.63, 3.8) is 0 Å². The first-order chi connectivity index (χ1) is 9.47. The van der Waals surface area contributed by atoms with Gasteiger partial charge in [0.25, 0.3) is 11.8 Å². The summed E-state index contributed by atoms with van der Waals surface area (Å²) in [5.74, 6) is -4.20. The Morgan fingerprint density at radius 2 is 1.85 bits per heavy atom. The number of hydrogen-bond acceptors (Lipinski definition) is 5. The Morgan fingerprint density at radius 3 is 2.40 bits per heavy atom. The molecule has 1 aliphatic heterocycles. The number of amides is 2. The number of Topliss-reactive ketones (excluding diaryl/α,β-unsaturated/α-hetero) is 1. The van der Waals surface area contributed by atoms with E-state index in [2.05, 4.69) is 4.74 Å². The van der Waals surface area contributed by atoms with E-state index < -0.39 is 23.6 Å². The summed E-state index contributed by atoms with van der Waals surface area (Å²) in [6.07, 6.45) is 3.40. The number of hydrogen-bond donors (Lipinski definition) is 0. The van der Waals surface area contributed by atoms with Gasteiger partial charge >= 0.3 is 5.97 Å². The number of imide groups is 1. The van der Waals surface area contributed by atoms with Crippen LogP contribution in [0.2, 0.25) is 0 Å². The van der Waals surface area contributed by atoms with Crippen molar-refractivity contribution >= 4 is 23.6 Å². The summed E-state index contributed by atoms with van der Waals surface area (Å²) in [6, 6.07) is 0. The summed E-state index contributed by atoms with van der Waals surface area (Å²) in [6.45, 7) is 1.35. The van der Waals surface area contributed by atoms with E-state index >= 15 is 0 Å². The molecule has 6 nitrogen and oxygen atoms in total. The van der Waals surface area contributed by atoms with Crippen LogP contribution in [0.15, 0.2) is 11.1 Å². The first-order valence-electron chi connectivity index (χ1n) is 6.62. The maximum absolute atomic E-state index is 12.3. The van der Waals surface area contributed by atoms with Crippen LogP contribution < -0.4 is 0 Å². The van der Waals surface area contributed by atoms with Crippen LogP contribution in [0.5, 0.6) is 0 Å². The van der Waals surface area contributed by atoms with Gasteiger partial charge in [-0.25, -0.2) is 0 Å². The monoisotopic (exact) mass is 279 g/mol. The van der Waals surface area contributed by atoms with Gasteiger partial charge in [-0.2, -0.15) is 0 Å². The summed E-state index contributed by atoms with van der Waals surface area (Å²) in [7, 11) is 1.11. The molecule has 1 unspecified atom stereocenters. The molecule has 6 heteroatoms. The van der Waals surface area contributed by atoms with Crippen LogP contribution in [0, 0.1) is 5.92 Å². The zero-order valence-corrected chi connectivity index (χ0v) is 11.6. The third-order valence-electron chi connectivity index (χ3n) is 3.79. The third-order valence-corrected chi connectivity index (χ3v) is 3.79. The zero-order valence-electron chi connectivity index (χ0n) is 11.6.